The molecule has 3 nitrogen and oxygen atoms in total. The first kappa shape index (κ1) is 14.0. The SMILES string of the molecule is COc1ccc(C(NN)c2cc(Br)sc2Br)cc1. The molecule has 0 spiro atoms. The summed E-state index contributed by atoms with van der Waals surface area (Å²) in [5.41, 5.74) is 5.04. The zero-order valence-corrected chi connectivity index (χ0v) is 13.6. The summed E-state index contributed by atoms with van der Waals surface area (Å²) in [6, 6.07) is 9.86. The molecule has 0 bridgehead atoms. The van der Waals surface area contributed by atoms with Gasteiger partial charge >= 0.3 is 0 Å². The molecule has 1 aromatic carbocycles. The molecule has 2 aromatic rings. The van der Waals surface area contributed by atoms with Crippen molar-refractivity contribution in [1.82, 2.24) is 5.43 Å². The first-order chi connectivity index (χ1) is 8.65. The van der Waals surface area contributed by atoms with Crippen LogP contribution < -0.4 is 16.0 Å². The van der Waals surface area contributed by atoms with Gasteiger partial charge in [-0.1, -0.05) is 12.1 Å². The highest BCUT2D eigenvalue weighted by molar-refractivity contribution is 9.12. The maximum absolute atomic E-state index is 5.67. The Labute approximate surface area is 127 Å². The minimum atomic E-state index is -0.0483. The van der Waals surface area contributed by atoms with Gasteiger partial charge in [0.05, 0.1) is 20.7 Å². The minimum absolute atomic E-state index is 0.0483. The van der Waals surface area contributed by atoms with E-state index in [0.717, 1.165) is 24.4 Å². The highest BCUT2D eigenvalue weighted by atomic mass is 79.9. The lowest BCUT2D eigenvalue weighted by molar-refractivity contribution is 0.414. The lowest BCUT2D eigenvalue weighted by Gasteiger charge is -2.16. The van der Waals surface area contributed by atoms with Crippen molar-refractivity contribution < 1.29 is 4.74 Å². The fourth-order valence-corrected chi connectivity index (χ4v) is 4.61. The number of nitrogens with two attached hydrogens (primary N) is 1. The lowest BCUT2D eigenvalue weighted by atomic mass is 10.0. The van der Waals surface area contributed by atoms with Crippen LogP contribution in [0.5, 0.6) is 5.75 Å². The van der Waals surface area contributed by atoms with E-state index in [0.29, 0.717) is 0 Å². The van der Waals surface area contributed by atoms with Crippen LogP contribution >= 0.6 is 43.2 Å². The quantitative estimate of drug-likeness (QED) is 0.614. The van der Waals surface area contributed by atoms with Crippen LogP contribution in [-0.4, -0.2) is 7.11 Å². The summed E-state index contributed by atoms with van der Waals surface area (Å²) in [6.45, 7) is 0. The monoisotopic (exact) mass is 390 g/mol. The van der Waals surface area contributed by atoms with Gasteiger partial charge in [0, 0.05) is 5.56 Å². The maximum atomic E-state index is 5.67. The van der Waals surface area contributed by atoms with Crippen LogP contribution in [0, 0.1) is 0 Å². The fourth-order valence-electron chi connectivity index (χ4n) is 1.71. The number of hydrazine groups is 1. The van der Waals surface area contributed by atoms with Crippen molar-refractivity contribution in [3.05, 3.63) is 49.0 Å². The van der Waals surface area contributed by atoms with Gasteiger partial charge in [0.1, 0.15) is 5.75 Å². The highest BCUT2D eigenvalue weighted by Gasteiger charge is 2.17. The molecule has 1 heterocycles. The molecule has 2 rings (SSSR count). The van der Waals surface area contributed by atoms with Gasteiger partial charge in [0.2, 0.25) is 0 Å². The van der Waals surface area contributed by atoms with Gasteiger partial charge in [-0.25, -0.2) is 5.43 Å². The molecule has 3 N–H and O–H groups in total. The molecule has 1 unspecified atom stereocenters. The van der Waals surface area contributed by atoms with Gasteiger partial charge in [0.25, 0.3) is 0 Å². The van der Waals surface area contributed by atoms with E-state index < -0.39 is 0 Å². The molecule has 18 heavy (non-hydrogen) atoms. The summed E-state index contributed by atoms with van der Waals surface area (Å²) >= 11 is 8.66. The van der Waals surface area contributed by atoms with E-state index in [4.69, 9.17) is 10.6 Å². The number of hydrogen-bond acceptors (Lipinski definition) is 4. The summed E-state index contributed by atoms with van der Waals surface area (Å²) in [5.74, 6) is 6.51. The van der Waals surface area contributed by atoms with Crippen LogP contribution in [-0.2, 0) is 0 Å². The zero-order chi connectivity index (χ0) is 13.1. The van der Waals surface area contributed by atoms with E-state index in [1.807, 2.05) is 24.3 Å². The number of nitrogens with one attached hydrogen (secondary N) is 1. The van der Waals surface area contributed by atoms with Crippen LogP contribution in [0.4, 0.5) is 0 Å². The summed E-state index contributed by atoms with van der Waals surface area (Å²) in [5, 5.41) is 0. The van der Waals surface area contributed by atoms with Gasteiger partial charge in [-0.2, -0.15) is 0 Å². The van der Waals surface area contributed by atoms with Crippen molar-refractivity contribution in [3.63, 3.8) is 0 Å². The molecule has 0 fully saturated rings. The van der Waals surface area contributed by atoms with Crippen molar-refractivity contribution in [2.75, 3.05) is 7.11 Å². The van der Waals surface area contributed by atoms with E-state index in [-0.39, 0.29) is 6.04 Å². The van der Waals surface area contributed by atoms with Crippen LogP contribution in [0.3, 0.4) is 0 Å². The predicted molar refractivity (Wildman–Crippen MR) is 81.9 cm³/mol. The number of halogens is 2. The topological polar surface area (TPSA) is 47.3 Å². The summed E-state index contributed by atoms with van der Waals surface area (Å²) in [4.78, 5) is 0. The van der Waals surface area contributed by atoms with Crippen LogP contribution in [0.1, 0.15) is 17.2 Å². The van der Waals surface area contributed by atoms with E-state index in [1.54, 1.807) is 18.4 Å². The van der Waals surface area contributed by atoms with Crippen molar-refractivity contribution in [2.24, 2.45) is 5.84 Å². The van der Waals surface area contributed by atoms with Gasteiger partial charge < -0.3 is 4.74 Å². The van der Waals surface area contributed by atoms with Gasteiger partial charge in [-0.05, 0) is 55.6 Å². The van der Waals surface area contributed by atoms with Gasteiger partial charge in [-0.15, -0.1) is 11.3 Å². The first-order valence-electron chi connectivity index (χ1n) is 5.20. The molecule has 6 heteroatoms. The molecule has 0 saturated heterocycles. The first-order valence-corrected chi connectivity index (χ1v) is 7.60. The molecule has 0 aliphatic heterocycles. The van der Waals surface area contributed by atoms with E-state index >= 15 is 0 Å². The van der Waals surface area contributed by atoms with E-state index in [1.165, 1.54) is 0 Å². The Morgan fingerprint density at radius 2 is 1.94 bits per heavy atom. The Morgan fingerprint density at radius 1 is 1.28 bits per heavy atom. The Kier molecular flexibility index (Phi) is 4.80. The molecule has 96 valence electrons. The molecular weight excluding hydrogens is 380 g/mol. The molecule has 0 saturated carbocycles. The second-order valence-electron chi connectivity index (χ2n) is 3.65. The average molecular weight is 392 g/mol. The Morgan fingerprint density at radius 3 is 2.39 bits per heavy atom. The van der Waals surface area contributed by atoms with Crippen molar-refractivity contribution in [1.29, 1.82) is 0 Å². The lowest BCUT2D eigenvalue weighted by Crippen LogP contribution is -2.28. The molecular formula is C12H12Br2N2OS. The largest absolute Gasteiger partial charge is 0.497 e. The Bertz CT molecular complexity index is 527. The summed E-state index contributed by atoms with van der Waals surface area (Å²) in [7, 11) is 1.65. The van der Waals surface area contributed by atoms with Gasteiger partial charge in [0.15, 0.2) is 0 Å². The minimum Gasteiger partial charge on any atom is -0.497 e. The molecule has 1 aromatic heterocycles. The molecule has 0 aliphatic rings. The van der Waals surface area contributed by atoms with Gasteiger partial charge in [-0.3, -0.25) is 5.84 Å². The second kappa shape index (κ2) is 6.16. The fraction of sp³-hybridized carbons (Fsp3) is 0.167. The smallest absolute Gasteiger partial charge is 0.118 e. The number of methoxy groups -OCH3 is 1. The van der Waals surface area contributed by atoms with E-state index in [2.05, 4.69) is 43.4 Å². The average Bonchev–Trinajstić information content (AvgIpc) is 2.70. The van der Waals surface area contributed by atoms with Crippen molar-refractivity contribution in [3.8, 4) is 5.75 Å². The van der Waals surface area contributed by atoms with Crippen LogP contribution in [0.2, 0.25) is 0 Å². The zero-order valence-electron chi connectivity index (χ0n) is 9.61. The Hall–Kier alpha value is -0.400. The van der Waals surface area contributed by atoms with Crippen molar-refractivity contribution >= 4 is 43.2 Å². The molecule has 0 aliphatic carbocycles. The number of thiophene rings is 1. The van der Waals surface area contributed by atoms with Crippen LogP contribution in [0.15, 0.2) is 37.9 Å². The number of hydrogen-bond donors (Lipinski definition) is 2. The number of benzene rings is 1. The highest BCUT2D eigenvalue weighted by Crippen LogP contribution is 2.37. The molecule has 1 atom stereocenters. The molecule has 0 amide bonds. The molecule has 0 radical (unpaired) electrons. The summed E-state index contributed by atoms with van der Waals surface area (Å²) < 4.78 is 7.28. The number of ether oxygens (including phenoxy) is 1. The predicted octanol–water partition coefficient (Wildman–Crippen LogP) is 3.83. The van der Waals surface area contributed by atoms with E-state index in [9.17, 15) is 0 Å². The Balaban J connectivity index is 2.35. The number of rotatable bonds is 4. The summed E-state index contributed by atoms with van der Waals surface area (Å²) in [6.07, 6.45) is 0. The standard InChI is InChI=1S/C12H12Br2N2OS/c1-17-8-4-2-7(3-5-8)11(16-15)9-6-10(13)18-12(9)14/h2-6,11,16H,15H2,1H3. The van der Waals surface area contributed by atoms with Crippen LogP contribution in [0.25, 0.3) is 0 Å². The normalized spacial score (nSPS) is 12.4. The third kappa shape index (κ3) is 2.95. The third-order valence-electron chi connectivity index (χ3n) is 2.61. The second-order valence-corrected chi connectivity index (χ2v) is 7.40. The van der Waals surface area contributed by atoms with Crippen molar-refractivity contribution in [2.45, 2.75) is 6.04 Å². The third-order valence-corrected chi connectivity index (χ3v) is 5.00. The maximum Gasteiger partial charge on any atom is 0.118 e.